The third kappa shape index (κ3) is 3.50. The number of Topliss-reactive ketones (excluding diaryl/α,β-unsaturated/α-hetero) is 1. The van der Waals surface area contributed by atoms with E-state index in [1.807, 2.05) is 0 Å². The maximum atomic E-state index is 14.1. The highest BCUT2D eigenvalue weighted by Crippen LogP contribution is 2.42. The minimum absolute atomic E-state index is 0.116. The number of fused-ring (bicyclic) bond motifs is 1. The summed E-state index contributed by atoms with van der Waals surface area (Å²) in [7, 11) is 0. The molecular weight excluding hydrogens is 381 g/mol. The molecule has 1 atom stereocenters. The topological polar surface area (TPSA) is 72.5 Å². The summed E-state index contributed by atoms with van der Waals surface area (Å²) in [5.74, 6) is -1.70. The molecule has 5 nitrogen and oxygen atoms in total. The van der Waals surface area contributed by atoms with E-state index in [1.165, 1.54) is 6.92 Å². The van der Waals surface area contributed by atoms with E-state index in [4.69, 9.17) is 4.74 Å². The van der Waals surface area contributed by atoms with Crippen LogP contribution >= 0.6 is 15.9 Å². The van der Waals surface area contributed by atoms with Crippen LogP contribution in [0, 0.1) is 12.7 Å². The molecule has 24 heavy (non-hydrogen) atoms. The molecule has 2 rings (SSSR count). The van der Waals surface area contributed by atoms with Gasteiger partial charge in [0.2, 0.25) is 5.91 Å². The van der Waals surface area contributed by atoms with Crippen molar-refractivity contribution in [3.05, 3.63) is 28.6 Å². The smallest absolute Gasteiger partial charge is 0.307 e. The van der Waals surface area contributed by atoms with Crippen molar-refractivity contribution < 1.29 is 23.5 Å². The Balaban J connectivity index is 2.49. The maximum Gasteiger partial charge on any atom is 0.307 e. The van der Waals surface area contributed by atoms with E-state index in [2.05, 4.69) is 21.2 Å². The zero-order valence-electron chi connectivity index (χ0n) is 13.8. The summed E-state index contributed by atoms with van der Waals surface area (Å²) in [6, 6.07) is 1.15. The quantitative estimate of drug-likeness (QED) is 0.622. The highest BCUT2D eigenvalue weighted by molar-refractivity contribution is 9.10. The van der Waals surface area contributed by atoms with Gasteiger partial charge in [0.05, 0.1) is 23.0 Å². The van der Waals surface area contributed by atoms with Crippen LogP contribution in [0.25, 0.3) is 0 Å². The molecule has 0 saturated carbocycles. The lowest BCUT2D eigenvalue weighted by molar-refractivity contribution is -0.143. The van der Waals surface area contributed by atoms with Crippen LogP contribution in [0.1, 0.15) is 48.2 Å². The Morgan fingerprint density at radius 2 is 2.12 bits per heavy atom. The molecule has 0 fully saturated rings. The third-order valence-corrected chi connectivity index (χ3v) is 5.14. The van der Waals surface area contributed by atoms with Crippen molar-refractivity contribution in [3.8, 4) is 0 Å². The van der Waals surface area contributed by atoms with Crippen LogP contribution in [-0.4, -0.2) is 28.6 Å². The lowest BCUT2D eigenvalue weighted by atomic mass is 9.78. The summed E-state index contributed by atoms with van der Waals surface area (Å²) in [4.78, 5) is 36.2. The fourth-order valence-corrected chi connectivity index (χ4v) is 3.56. The number of rotatable bonds is 4. The molecule has 1 unspecified atom stereocenters. The fraction of sp³-hybridized carbons (Fsp3) is 0.471. The molecule has 1 aromatic rings. The number of carbonyl (C=O) groups is 3. The number of carbonyl (C=O) groups excluding carboxylic acids is 3. The lowest BCUT2D eigenvalue weighted by Crippen LogP contribution is -2.40. The van der Waals surface area contributed by atoms with Gasteiger partial charge in [-0.1, -0.05) is 15.9 Å². The number of nitrogens with one attached hydrogen (secondary N) is 1. The predicted octanol–water partition coefficient (Wildman–Crippen LogP) is 3.31. The predicted molar refractivity (Wildman–Crippen MR) is 91.0 cm³/mol. The van der Waals surface area contributed by atoms with Gasteiger partial charge in [0.1, 0.15) is 5.82 Å². The average Bonchev–Trinajstić information content (AvgIpc) is 2.47. The van der Waals surface area contributed by atoms with E-state index >= 15 is 0 Å². The Morgan fingerprint density at radius 3 is 2.71 bits per heavy atom. The second kappa shape index (κ2) is 7.01. The zero-order chi connectivity index (χ0) is 18.1. The molecule has 0 aromatic heterocycles. The van der Waals surface area contributed by atoms with E-state index in [0.717, 1.165) is 6.07 Å². The summed E-state index contributed by atoms with van der Waals surface area (Å²) in [6.45, 7) is 4.81. The van der Waals surface area contributed by atoms with E-state index in [-0.39, 0.29) is 30.1 Å². The maximum absolute atomic E-state index is 14.1. The Morgan fingerprint density at radius 1 is 1.46 bits per heavy atom. The normalized spacial score (nSPS) is 19.6. The third-order valence-electron chi connectivity index (χ3n) is 4.10. The number of hydrogen-bond donors (Lipinski definition) is 1. The minimum atomic E-state index is -1.11. The van der Waals surface area contributed by atoms with Gasteiger partial charge in [-0.3, -0.25) is 14.4 Å². The monoisotopic (exact) mass is 399 g/mol. The number of halogens is 2. The number of alkyl halides is 1. The number of benzene rings is 1. The molecule has 0 radical (unpaired) electrons. The van der Waals surface area contributed by atoms with Gasteiger partial charge in [-0.05, 0) is 43.9 Å². The first-order valence-corrected chi connectivity index (χ1v) is 8.47. The van der Waals surface area contributed by atoms with Crippen LogP contribution < -0.4 is 5.32 Å². The largest absolute Gasteiger partial charge is 0.466 e. The number of amides is 1. The number of anilines is 1. The lowest BCUT2D eigenvalue weighted by Gasteiger charge is -2.33. The summed E-state index contributed by atoms with van der Waals surface area (Å²) >= 11 is 3.39. The molecule has 1 N–H and O–H groups in total. The van der Waals surface area contributed by atoms with E-state index in [0.29, 0.717) is 24.0 Å². The second-order valence-electron chi connectivity index (χ2n) is 5.84. The molecule has 1 aliphatic rings. The SMILES string of the molecule is CCOC(=O)CC1(Br)CCc2c(C)c(F)cc(NC(C)=O)c2C1=O. The van der Waals surface area contributed by atoms with E-state index < -0.39 is 22.0 Å². The van der Waals surface area contributed by atoms with Crippen LogP contribution in [0.15, 0.2) is 6.07 Å². The van der Waals surface area contributed by atoms with Gasteiger partial charge in [-0.2, -0.15) is 0 Å². The molecule has 7 heteroatoms. The van der Waals surface area contributed by atoms with Crippen molar-refractivity contribution in [2.75, 3.05) is 11.9 Å². The molecule has 0 bridgehead atoms. The number of hydrogen-bond acceptors (Lipinski definition) is 4. The molecule has 1 aromatic carbocycles. The van der Waals surface area contributed by atoms with Crippen molar-refractivity contribution in [1.82, 2.24) is 0 Å². The first-order valence-electron chi connectivity index (χ1n) is 7.68. The van der Waals surface area contributed by atoms with Gasteiger partial charge in [0.25, 0.3) is 0 Å². The van der Waals surface area contributed by atoms with Crippen molar-refractivity contribution in [2.45, 2.75) is 44.4 Å². The Kier molecular flexibility index (Phi) is 5.42. The van der Waals surface area contributed by atoms with Gasteiger partial charge in [-0.25, -0.2) is 4.39 Å². The first kappa shape index (κ1) is 18.6. The standard InChI is InChI=1S/C17H19BrFNO4/c1-4-24-14(22)8-17(18)6-5-11-9(2)12(19)7-13(20-10(3)21)15(11)16(17)23/h7H,4-6,8H2,1-3H3,(H,20,21). The fourth-order valence-electron chi connectivity index (χ4n) is 2.93. The van der Waals surface area contributed by atoms with Gasteiger partial charge in [0.15, 0.2) is 5.78 Å². The van der Waals surface area contributed by atoms with Crippen molar-refractivity contribution in [2.24, 2.45) is 0 Å². The Hall–Kier alpha value is -1.76. The molecular formula is C17H19BrFNO4. The molecule has 0 saturated heterocycles. The number of ether oxygens (including phenoxy) is 1. The Bertz CT molecular complexity index is 719. The summed E-state index contributed by atoms with van der Waals surface area (Å²) in [5, 5.41) is 2.51. The van der Waals surface area contributed by atoms with Crippen LogP contribution in [-0.2, 0) is 20.7 Å². The average molecular weight is 400 g/mol. The van der Waals surface area contributed by atoms with E-state index in [9.17, 15) is 18.8 Å². The molecule has 0 spiro atoms. The second-order valence-corrected chi connectivity index (χ2v) is 7.36. The van der Waals surface area contributed by atoms with Crippen LogP contribution in [0.5, 0.6) is 0 Å². The molecule has 130 valence electrons. The molecule has 0 heterocycles. The molecule has 1 amide bonds. The van der Waals surface area contributed by atoms with Gasteiger partial charge < -0.3 is 10.1 Å². The Labute approximate surface area is 148 Å². The highest BCUT2D eigenvalue weighted by atomic mass is 79.9. The van der Waals surface area contributed by atoms with E-state index in [1.54, 1.807) is 13.8 Å². The minimum Gasteiger partial charge on any atom is -0.466 e. The number of ketones is 1. The number of esters is 1. The van der Waals surface area contributed by atoms with Gasteiger partial charge in [-0.15, -0.1) is 0 Å². The summed E-state index contributed by atoms with van der Waals surface area (Å²) < 4.78 is 17.9. The van der Waals surface area contributed by atoms with Crippen LogP contribution in [0.3, 0.4) is 0 Å². The zero-order valence-corrected chi connectivity index (χ0v) is 15.4. The van der Waals surface area contributed by atoms with Gasteiger partial charge in [0, 0.05) is 12.5 Å². The van der Waals surface area contributed by atoms with Crippen molar-refractivity contribution in [3.63, 3.8) is 0 Å². The van der Waals surface area contributed by atoms with Crippen molar-refractivity contribution in [1.29, 1.82) is 0 Å². The molecule has 1 aliphatic carbocycles. The van der Waals surface area contributed by atoms with Crippen LogP contribution in [0.4, 0.5) is 10.1 Å². The summed E-state index contributed by atoms with van der Waals surface area (Å²) in [5.41, 5.74) is 1.36. The highest BCUT2D eigenvalue weighted by Gasteiger charge is 2.44. The van der Waals surface area contributed by atoms with Crippen molar-refractivity contribution >= 4 is 39.3 Å². The van der Waals surface area contributed by atoms with Crippen LogP contribution in [0.2, 0.25) is 0 Å². The summed E-state index contributed by atoms with van der Waals surface area (Å²) in [6.07, 6.45) is 0.651. The van der Waals surface area contributed by atoms with Gasteiger partial charge >= 0.3 is 5.97 Å². The first-order chi connectivity index (χ1) is 11.2. The molecule has 0 aliphatic heterocycles.